The van der Waals surface area contributed by atoms with Gasteiger partial charge in [-0.3, -0.25) is 4.90 Å². The highest BCUT2D eigenvalue weighted by Crippen LogP contribution is 2.38. The van der Waals surface area contributed by atoms with E-state index < -0.39 is 18.6 Å². The average molecular weight is 378 g/mol. The molecule has 1 saturated heterocycles. The molecule has 1 heterocycles. The molecular weight excluding hydrogens is 360 g/mol. The van der Waals surface area contributed by atoms with Crippen molar-refractivity contribution in [3.8, 4) is 0 Å². The normalized spacial score (nSPS) is 17.9. The van der Waals surface area contributed by atoms with Crippen LogP contribution in [0.25, 0.3) is 0 Å². The number of rotatable bonds is 4. The van der Waals surface area contributed by atoms with Gasteiger partial charge in [-0.1, -0.05) is 29.3 Å². The van der Waals surface area contributed by atoms with Crippen LogP contribution in [-0.4, -0.2) is 37.3 Å². The SMILES string of the molecule is Cl.FC(F)(F)CC[C@H](c1c(Cl)cccc1Cl)N1CCNCC1. The van der Waals surface area contributed by atoms with E-state index in [2.05, 4.69) is 5.32 Å². The first-order valence-corrected chi connectivity index (χ1v) is 7.59. The maximum atomic E-state index is 12.6. The van der Waals surface area contributed by atoms with Gasteiger partial charge >= 0.3 is 6.18 Å². The standard InChI is InChI=1S/C14H17Cl2F3N2.ClH/c15-10-2-1-3-11(16)13(10)12(4-5-14(17,18)19)21-8-6-20-7-9-21;/h1-3,12,20H,4-9H2;1H/t12-;/m1./s1. The van der Waals surface area contributed by atoms with Crippen LogP contribution < -0.4 is 5.32 Å². The largest absolute Gasteiger partial charge is 0.389 e. The molecule has 8 heteroatoms. The lowest BCUT2D eigenvalue weighted by atomic mass is 9.99. The van der Waals surface area contributed by atoms with Gasteiger partial charge in [0.05, 0.1) is 0 Å². The Labute approximate surface area is 144 Å². The number of halogens is 6. The summed E-state index contributed by atoms with van der Waals surface area (Å²) in [5.41, 5.74) is 0.604. The summed E-state index contributed by atoms with van der Waals surface area (Å²) >= 11 is 12.4. The van der Waals surface area contributed by atoms with E-state index in [4.69, 9.17) is 23.2 Å². The van der Waals surface area contributed by atoms with Gasteiger partial charge < -0.3 is 5.32 Å². The first-order chi connectivity index (χ1) is 9.88. The first kappa shape index (κ1) is 19.8. The fraction of sp³-hybridized carbons (Fsp3) is 0.571. The van der Waals surface area contributed by atoms with Gasteiger partial charge in [0.2, 0.25) is 0 Å². The highest BCUT2D eigenvalue weighted by molar-refractivity contribution is 6.36. The van der Waals surface area contributed by atoms with E-state index in [-0.39, 0.29) is 18.8 Å². The molecule has 0 spiro atoms. The van der Waals surface area contributed by atoms with Gasteiger partial charge in [-0.25, -0.2) is 0 Å². The van der Waals surface area contributed by atoms with Gasteiger partial charge in [0.15, 0.2) is 0 Å². The van der Waals surface area contributed by atoms with Crippen LogP contribution in [0.5, 0.6) is 0 Å². The lowest BCUT2D eigenvalue weighted by Crippen LogP contribution is -2.45. The van der Waals surface area contributed by atoms with Crippen LogP contribution in [-0.2, 0) is 0 Å². The smallest absolute Gasteiger partial charge is 0.314 e. The minimum Gasteiger partial charge on any atom is -0.314 e. The van der Waals surface area contributed by atoms with Crippen molar-refractivity contribution in [3.05, 3.63) is 33.8 Å². The van der Waals surface area contributed by atoms with Gasteiger partial charge in [0.1, 0.15) is 0 Å². The van der Waals surface area contributed by atoms with E-state index in [1.165, 1.54) is 0 Å². The zero-order valence-corrected chi connectivity index (χ0v) is 14.1. The van der Waals surface area contributed by atoms with E-state index in [0.717, 1.165) is 13.1 Å². The third-order valence-electron chi connectivity index (χ3n) is 3.63. The Morgan fingerprint density at radius 3 is 2.18 bits per heavy atom. The number of alkyl halides is 3. The van der Waals surface area contributed by atoms with E-state index >= 15 is 0 Å². The fourth-order valence-electron chi connectivity index (χ4n) is 2.63. The molecule has 1 N–H and O–H groups in total. The molecule has 0 saturated carbocycles. The second kappa shape index (κ2) is 8.60. The van der Waals surface area contributed by atoms with E-state index in [1.54, 1.807) is 18.2 Å². The first-order valence-electron chi connectivity index (χ1n) is 6.84. The number of hydrogen-bond donors (Lipinski definition) is 1. The molecule has 1 atom stereocenters. The second-order valence-electron chi connectivity index (χ2n) is 5.09. The second-order valence-corrected chi connectivity index (χ2v) is 5.91. The predicted octanol–water partition coefficient (Wildman–Crippen LogP) is 4.70. The Hall–Kier alpha value is -0.200. The Morgan fingerprint density at radius 1 is 1.14 bits per heavy atom. The van der Waals surface area contributed by atoms with Crippen molar-refractivity contribution in [1.82, 2.24) is 10.2 Å². The molecule has 1 aromatic rings. The molecule has 0 unspecified atom stereocenters. The van der Waals surface area contributed by atoms with Gasteiger partial charge in [-0.15, -0.1) is 12.4 Å². The molecule has 22 heavy (non-hydrogen) atoms. The maximum absolute atomic E-state index is 12.6. The Balaban J connectivity index is 0.00000242. The Kier molecular flexibility index (Phi) is 7.75. The van der Waals surface area contributed by atoms with Crippen molar-refractivity contribution < 1.29 is 13.2 Å². The lowest BCUT2D eigenvalue weighted by molar-refractivity contribution is -0.138. The summed E-state index contributed by atoms with van der Waals surface area (Å²) in [7, 11) is 0. The van der Waals surface area contributed by atoms with Crippen molar-refractivity contribution in [2.45, 2.75) is 25.1 Å². The molecule has 2 rings (SSSR count). The molecule has 0 amide bonds. The maximum Gasteiger partial charge on any atom is 0.389 e. The van der Waals surface area contributed by atoms with Crippen molar-refractivity contribution in [2.24, 2.45) is 0 Å². The van der Waals surface area contributed by atoms with E-state index in [0.29, 0.717) is 28.7 Å². The summed E-state index contributed by atoms with van der Waals surface area (Å²) < 4.78 is 37.8. The number of nitrogens with one attached hydrogen (secondary N) is 1. The molecule has 1 aromatic carbocycles. The van der Waals surface area contributed by atoms with Crippen LogP contribution in [0.2, 0.25) is 10.0 Å². The van der Waals surface area contributed by atoms with E-state index in [1.807, 2.05) is 4.90 Å². The molecular formula is C14H18Cl3F3N2. The molecule has 0 aromatic heterocycles. The van der Waals surface area contributed by atoms with Gasteiger partial charge in [-0.2, -0.15) is 13.2 Å². The van der Waals surface area contributed by atoms with Crippen LogP contribution in [0.3, 0.4) is 0 Å². The average Bonchev–Trinajstić information content (AvgIpc) is 2.42. The number of benzene rings is 1. The molecule has 0 bridgehead atoms. The minimum absolute atomic E-state index is 0. The number of piperazine rings is 1. The van der Waals surface area contributed by atoms with Crippen LogP contribution in [0, 0.1) is 0 Å². The molecule has 1 fully saturated rings. The Morgan fingerprint density at radius 2 is 1.68 bits per heavy atom. The van der Waals surface area contributed by atoms with Gasteiger partial charge in [0.25, 0.3) is 0 Å². The van der Waals surface area contributed by atoms with Crippen molar-refractivity contribution in [2.75, 3.05) is 26.2 Å². The van der Waals surface area contributed by atoms with Crippen LogP contribution >= 0.6 is 35.6 Å². The summed E-state index contributed by atoms with van der Waals surface area (Å²) in [6.07, 6.45) is -5.06. The highest BCUT2D eigenvalue weighted by atomic mass is 35.5. The van der Waals surface area contributed by atoms with E-state index in [9.17, 15) is 13.2 Å². The van der Waals surface area contributed by atoms with Gasteiger partial charge in [0, 0.05) is 54.3 Å². The number of nitrogens with zero attached hydrogens (tertiary/aromatic N) is 1. The van der Waals surface area contributed by atoms with Crippen molar-refractivity contribution in [3.63, 3.8) is 0 Å². The summed E-state index contributed by atoms with van der Waals surface area (Å²) in [4.78, 5) is 2.02. The lowest BCUT2D eigenvalue weighted by Gasteiger charge is -2.36. The topological polar surface area (TPSA) is 15.3 Å². The molecule has 0 radical (unpaired) electrons. The predicted molar refractivity (Wildman–Crippen MR) is 86.2 cm³/mol. The molecule has 1 aliphatic rings. The summed E-state index contributed by atoms with van der Waals surface area (Å²) in [5.74, 6) is 0. The molecule has 2 nitrogen and oxygen atoms in total. The molecule has 126 valence electrons. The summed E-state index contributed by atoms with van der Waals surface area (Å²) in [6.45, 7) is 2.88. The quantitative estimate of drug-likeness (QED) is 0.818. The van der Waals surface area contributed by atoms with Crippen LogP contribution in [0.15, 0.2) is 18.2 Å². The van der Waals surface area contributed by atoms with Crippen molar-refractivity contribution >= 4 is 35.6 Å². The zero-order valence-electron chi connectivity index (χ0n) is 11.8. The summed E-state index contributed by atoms with van der Waals surface area (Å²) in [6, 6.07) is 4.64. The van der Waals surface area contributed by atoms with Gasteiger partial charge in [-0.05, 0) is 18.6 Å². The third-order valence-corrected chi connectivity index (χ3v) is 4.29. The minimum atomic E-state index is -4.18. The van der Waals surface area contributed by atoms with Crippen LogP contribution in [0.4, 0.5) is 13.2 Å². The number of hydrogen-bond acceptors (Lipinski definition) is 2. The Bertz CT molecular complexity index is 457. The monoisotopic (exact) mass is 376 g/mol. The van der Waals surface area contributed by atoms with Crippen molar-refractivity contribution in [1.29, 1.82) is 0 Å². The summed E-state index contributed by atoms with van der Waals surface area (Å²) in [5, 5.41) is 4.04. The van der Waals surface area contributed by atoms with Crippen LogP contribution in [0.1, 0.15) is 24.4 Å². The highest BCUT2D eigenvalue weighted by Gasteiger charge is 2.32. The molecule has 0 aliphatic carbocycles. The fourth-order valence-corrected chi connectivity index (χ4v) is 3.28. The molecule has 1 aliphatic heterocycles. The third kappa shape index (κ3) is 5.46. The zero-order chi connectivity index (χ0) is 15.5.